The quantitative estimate of drug-likeness (QED) is 0.883. The highest BCUT2D eigenvalue weighted by Crippen LogP contribution is 2.34. The van der Waals surface area contributed by atoms with Crippen LogP contribution in [-0.2, 0) is 0 Å². The molecule has 1 aromatic heterocycles. The van der Waals surface area contributed by atoms with E-state index in [0.717, 1.165) is 36.9 Å². The fraction of sp³-hybridized carbons (Fsp3) is 0.667. The zero-order valence-corrected chi connectivity index (χ0v) is 11.2. The van der Waals surface area contributed by atoms with Crippen molar-refractivity contribution in [2.45, 2.75) is 44.7 Å². The molecule has 0 amide bonds. The lowest BCUT2D eigenvalue weighted by Gasteiger charge is -2.33. The number of pyridine rings is 1. The van der Waals surface area contributed by atoms with Crippen LogP contribution in [-0.4, -0.2) is 30.2 Å². The summed E-state index contributed by atoms with van der Waals surface area (Å²) in [4.78, 5) is 6.84. The topological polar surface area (TPSA) is 28.2 Å². The van der Waals surface area contributed by atoms with Crippen LogP contribution in [0.5, 0.6) is 0 Å². The van der Waals surface area contributed by atoms with Gasteiger partial charge in [0.25, 0.3) is 0 Å². The number of aromatic nitrogens is 1. The van der Waals surface area contributed by atoms with Crippen molar-refractivity contribution in [2.24, 2.45) is 5.92 Å². The third-order valence-corrected chi connectivity index (χ3v) is 4.36. The maximum absolute atomic E-state index is 4.43. The number of nitrogens with zero attached hydrogens (tertiary/aromatic N) is 2. The first-order valence-electron chi connectivity index (χ1n) is 7.29. The first-order chi connectivity index (χ1) is 8.86. The Kier molecular flexibility index (Phi) is 3.50. The van der Waals surface area contributed by atoms with E-state index in [4.69, 9.17) is 0 Å². The van der Waals surface area contributed by atoms with E-state index in [-0.39, 0.29) is 0 Å². The van der Waals surface area contributed by atoms with Gasteiger partial charge in [-0.25, -0.2) is 4.98 Å². The van der Waals surface area contributed by atoms with Crippen LogP contribution in [0.3, 0.4) is 0 Å². The van der Waals surface area contributed by atoms with E-state index in [9.17, 15) is 0 Å². The van der Waals surface area contributed by atoms with Gasteiger partial charge in [-0.1, -0.05) is 19.4 Å². The molecule has 1 aliphatic heterocycles. The normalized spacial score (nSPS) is 28.4. The predicted octanol–water partition coefficient (Wildman–Crippen LogP) is 2.44. The molecule has 18 heavy (non-hydrogen) atoms. The number of anilines is 1. The van der Waals surface area contributed by atoms with E-state index >= 15 is 0 Å². The molecule has 2 fully saturated rings. The summed E-state index contributed by atoms with van der Waals surface area (Å²) >= 11 is 0. The maximum Gasteiger partial charge on any atom is 0.128 e. The first kappa shape index (κ1) is 12.0. The van der Waals surface area contributed by atoms with E-state index in [1.54, 1.807) is 0 Å². The minimum absolute atomic E-state index is 0.728. The molecule has 2 aliphatic rings. The SMILES string of the molecule is CCC1CC1NC1CCN(c2ccccn2)CC1. The van der Waals surface area contributed by atoms with Gasteiger partial charge in [0.2, 0.25) is 0 Å². The zero-order chi connectivity index (χ0) is 12.4. The van der Waals surface area contributed by atoms with Crippen LogP contribution in [0.1, 0.15) is 32.6 Å². The molecular formula is C15H23N3. The molecule has 1 saturated heterocycles. The van der Waals surface area contributed by atoms with Gasteiger partial charge in [-0.2, -0.15) is 0 Å². The number of hydrogen-bond acceptors (Lipinski definition) is 3. The average Bonchev–Trinajstić information content (AvgIpc) is 3.19. The van der Waals surface area contributed by atoms with E-state index in [1.807, 2.05) is 12.3 Å². The molecule has 3 heteroatoms. The summed E-state index contributed by atoms with van der Waals surface area (Å²) in [6.07, 6.45) is 7.13. The van der Waals surface area contributed by atoms with Gasteiger partial charge in [-0.15, -0.1) is 0 Å². The molecule has 3 rings (SSSR count). The van der Waals surface area contributed by atoms with Crippen molar-refractivity contribution in [3.63, 3.8) is 0 Å². The maximum atomic E-state index is 4.43. The van der Waals surface area contributed by atoms with Crippen LogP contribution in [0.15, 0.2) is 24.4 Å². The van der Waals surface area contributed by atoms with E-state index in [2.05, 4.69) is 34.3 Å². The van der Waals surface area contributed by atoms with Gasteiger partial charge in [0.05, 0.1) is 0 Å². The monoisotopic (exact) mass is 245 g/mol. The molecule has 0 radical (unpaired) electrons. The Labute approximate surface area is 110 Å². The second kappa shape index (κ2) is 5.27. The zero-order valence-electron chi connectivity index (χ0n) is 11.2. The molecule has 1 aromatic rings. The average molecular weight is 245 g/mol. The van der Waals surface area contributed by atoms with Crippen molar-refractivity contribution in [2.75, 3.05) is 18.0 Å². The summed E-state index contributed by atoms with van der Waals surface area (Å²) in [5, 5.41) is 3.82. The van der Waals surface area contributed by atoms with Gasteiger partial charge in [-0.05, 0) is 37.3 Å². The fourth-order valence-electron chi connectivity index (χ4n) is 3.02. The Bertz CT molecular complexity index is 371. The molecule has 2 heterocycles. The highest BCUT2D eigenvalue weighted by Gasteiger charge is 2.37. The molecule has 3 nitrogen and oxygen atoms in total. The Hall–Kier alpha value is -1.09. The highest BCUT2D eigenvalue weighted by atomic mass is 15.2. The third kappa shape index (κ3) is 2.66. The van der Waals surface area contributed by atoms with Crippen molar-refractivity contribution in [1.82, 2.24) is 10.3 Å². The second-order valence-corrected chi connectivity index (χ2v) is 5.63. The Morgan fingerprint density at radius 2 is 2.17 bits per heavy atom. The first-order valence-corrected chi connectivity index (χ1v) is 7.29. The number of hydrogen-bond donors (Lipinski definition) is 1. The lowest BCUT2D eigenvalue weighted by atomic mass is 10.0. The molecular weight excluding hydrogens is 222 g/mol. The number of nitrogens with one attached hydrogen (secondary N) is 1. The van der Waals surface area contributed by atoms with Gasteiger partial charge in [-0.3, -0.25) is 0 Å². The van der Waals surface area contributed by atoms with Crippen molar-refractivity contribution in [3.05, 3.63) is 24.4 Å². The third-order valence-electron chi connectivity index (χ3n) is 4.36. The Morgan fingerprint density at radius 1 is 1.33 bits per heavy atom. The Balaban J connectivity index is 1.47. The molecule has 0 spiro atoms. The summed E-state index contributed by atoms with van der Waals surface area (Å²) < 4.78 is 0. The summed E-state index contributed by atoms with van der Waals surface area (Å²) in [7, 11) is 0. The highest BCUT2D eigenvalue weighted by molar-refractivity contribution is 5.38. The van der Waals surface area contributed by atoms with Crippen LogP contribution in [0.25, 0.3) is 0 Å². The number of piperidine rings is 1. The summed E-state index contributed by atoms with van der Waals surface area (Å²) in [6.45, 7) is 4.58. The molecule has 2 unspecified atom stereocenters. The van der Waals surface area contributed by atoms with Crippen molar-refractivity contribution >= 4 is 5.82 Å². The lowest BCUT2D eigenvalue weighted by Crippen LogP contribution is -2.43. The molecule has 1 saturated carbocycles. The lowest BCUT2D eigenvalue weighted by molar-refractivity contribution is 0.402. The summed E-state index contributed by atoms with van der Waals surface area (Å²) in [5.41, 5.74) is 0. The van der Waals surface area contributed by atoms with E-state index in [1.165, 1.54) is 25.7 Å². The van der Waals surface area contributed by atoms with Crippen LogP contribution >= 0.6 is 0 Å². The molecule has 1 aliphatic carbocycles. The molecule has 1 N–H and O–H groups in total. The summed E-state index contributed by atoms with van der Waals surface area (Å²) in [6, 6.07) is 7.72. The molecule has 98 valence electrons. The van der Waals surface area contributed by atoms with Gasteiger partial charge in [0.15, 0.2) is 0 Å². The van der Waals surface area contributed by atoms with Gasteiger partial charge in [0.1, 0.15) is 5.82 Å². The molecule has 0 bridgehead atoms. The fourth-order valence-corrected chi connectivity index (χ4v) is 3.02. The van der Waals surface area contributed by atoms with Crippen molar-refractivity contribution < 1.29 is 0 Å². The van der Waals surface area contributed by atoms with Gasteiger partial charge in [0, 0.05) is 31.4 Å². The van der Waals surface area contributed by atoms with Crippen LogP contribution < -0.4 is 10.2 Å². The van der Waals surface area contributed by atoms with Crippen LogP contribution in [0.2, 0.25) is 0 Å². The van der Waals surface area contributed by atoms with Gasteiger partial charge < -0.3 is 10.2 Å². The largest absolute Gasteiger partial charge is 0.357 e. The van der Waals surface area contributed by atoms with E-state index < -0.39 is 0 Å². The predicted molar refractivity (Wildman–Crippen MR) is 74.8 cm³/mol. The Morgan fingerprint density at radius 3 is 2.78 bits per heavy atom. The summed E-state index contributed by atoms with van der Waals surface area (Å²) in [5.74, 6) is 2.09. The van der Waals surface area contributed by atoms with Crippen LogP contribution in [0, 0.1) is 5.92 Å². The van der Waals surface area contributed by atoms with Crippen LogP contribution in [0.4, 0.5) is 5.82 Å². The van der Waals surface area contributed by atoms with E-state index in [0.29, 0.717) is 0 Å². The molecule has 2 atom stereocenters. The standard InChI is InChI=1S/C15H23N3/c1-2-12-11-14(12)17-13-6-9-18(10-7-13)15-5-3-4-8-16-15/h3-5,8,12-14,17H,2,6-7,9-11H2,1H3. The molecule has 0 aromatic carbocycles. The van der Waals surface area contributed by atoms with Crippen molar-refractivity contribution in [1.29, 1.82) is 0 Å². The smallest absolute Gasteiger partial charge is 0.128 e. The second-order valence-electron chi connectivity index (χ2n) is 5.63. The number of rotatable bonds is 4. The van der Waals surface area contributed by atoms with Crippen molar-refractivity contribution in [3.8, 4) is 0 Å². The van der Waals surface area contributed by atoms with Gasteiger partial charge >= 0.3 is 0 Å². The minimum Gasteiger partial charge on any atom is -0.357 e. The minimum atomic E-state index is 0.728.